The molecule has 1 unspecified atom stereocenters. The summed E-state index contributed by atoms with van der Waals surface area (Å²) in [4.78, 5) is 41.7. The Morgan fingerprint density at radius 2 is 1.68 bits per heavy atom. The second kappa shape index (κ2) is 10.4. The fourth-order valence-corrected chi connectivity index (χ4v) is 5.56. The molecule has 3 rings (SSSR count). The number of anilines is 1. The predicted octanol–water partition coefficient (Wildman–Crippen LogP) is 2.20. The number of piperidine rings is 1. The van der Waals surface area contributed by atoms with Gasteiger partial charge >= 0.3 is 0 Å². The molecule has 0 saturated carbocycles. The van der Waals surface area contributed by atoms with Crippen molar-refractivity contribution in [1.29, 1.82) is 0 Å². The number of hydrogen-bond acceptors (Lipinski definition) is 5. The molecule has 2 aliphatic rings. The van der Waals surface area contributed by atoms with Gasteiger partial charge in [-0.05, 0) is 64.3 Å². The van der Waals surface area contributed by atoms with Crippen LogP contribution in [0.4, 0.5) is 5.69 Å². The number of sulfonamides is 1. The molecule has 2 aliphatic heterocycles. The van der Waals surface area contributed by atoms with Crippen LogP contribution in [0.2, 0.25) is 0 Å². The first-order chi connectivity index (χ1) is 15.9. The van der Waals surface area contributed by atoms with Gasteiger partial charge in [-0.2, -0.15) is 0 Å². The van der Waals surface area contributed by atoms with Crippen molar-refractivity contribution in [1.82, 2.24) is 14.5 Å². The van der Waals surface area contributed by atoms with Gasteiger partial charge in [0.2, 0.25) is 27.7 Å². The van der Waals surface area contributed by atoms with E-state index in [4.69, 9.17) is 0 Å². The molecule has 9 nitrogen and oxygen atoms in total. The van der Waals surface area contributed by atoms with Gasteiger partial charge in [0.1, 0.15) is 0 Å². The molecular formula is C24H36N4O5S. The molecular weight excluding hydrogens is 456 g/mol. The van der Waals surface area contributed by atoms with E-state index in [1.165, 1.54) is 12.1 Å². The van der Waals surface area contributed by atoms with Crippen LogP contribution < -0.4 is 10.0 Å². The second-order valence-corrected chi connectivity index (χ2v) is 11.9. The average Bonchev–Trinajstić information content (AvgIpc) is 3.20. The zero-order valence-electron chi connectivity index (χ0n) is 20.5. The third kappa shape index (κ3) is 6.15. The number of benzene rings is 1. The molecule has 0 aliphatic carbocycles. The average molecular weight is 493 g/mol. The number of carbonyl (C=O) groups is 3. The minimum atomic E-state index is -3.55. The van der Waals surface area contributed by atoms with E-state index in [0.717, 1.165) is 0 Å². The van der Waals surface area contributed by atoms with Crippen molar-refractivity contribution >= 4 is 33.4 Å². The van der Waals surface area contributed by atoms with E-state index in [1.54, 1.807) is 21.9 Å². The number of rotatable bonds is 7. The Kier molecular flexibility index (Phi) is 8.02. The van der Waals surface area contributed by atoms with Gasteiger partial charge in [0.15, 0.2) is 0 Å². The van der Waals surface area contributed by atoms with Gasteiger partial charge in [-0.1, -0.05) is 6.92 Å². The highest BCUT2D eigenvalue weighted by atomic mass is 32.2. The van der Waals surface area contributed by atoms with Crippen LogP contribution in [0.1, 0.15) is 53.4 Å². The molecule has 188 valence electrons. The number of likely N-dealkylation sites (tertiary alicyclic amines) is 2. The Morgan fingerprint density at radius 3 is 2.21 bits per heavy atom. The maximum atomic E-state index is 13.0. The highest BCUT2D eigenvalue weighted by Crippen LogP contribution is 2.29. The summed E-state index contributed by atoms with van der Waals surface area (Å²) < 4.78 is 26.9. The summed E-state index contributed by atoms with van der Waals surface area (Å²) in [5.74, 6) is -0.678. The van der Waals surface area contributed by atoms with Crippen molar-refractivity contribution in [3.63, 3.8) is 0 Å². The van der Waals surface area contributed by atoms with E-state index in [2.05, 4.69) is 10.0 Å². The molecule has 1 atom stereocenters. The van der Waals surface area contributed by atoms with Crippen molar-refractivity contribution in [2.45, 2.75) is 63.8 Å². The van der Waals surface area contributed by atoms with Crippen LogP contribution in [0, 0.1) is 11.8 Å². The van der Waals surface area contributed by atoms with Gasteiger partial charge in [-0.15, -0.1) is 0 Å². The Morgan fingerprint density at radius 1 is 1.06 bits per heavy atom. The van der Waals surface area contributed by atoms with Crippen LogP contribution in [0.25, 0.3) is 0 Å². The molecule has 0 spiro atoms. The zero-order valence-corrected chi connectivity index (χ0v) is 21.3. The molecule has 2 N–H and O–H groups in total. The fraction of sp³-hybridized carbons (Fsp3) is 0.625. The Bertz CT molecular complexity index is 1010. The highest BCUT2D eigenvalue weighted by molar-refractivity contribution is 7.89. The molecule has 3 amide bonds. The number of nitrogens with one attached hydrogen (secondary N) is 2. The van der Waals surface area contributed by atoms with E-state index in [0.29, 0.717) is 51.1 Å². The zero-order chi connectivity index (χ0) is 25.1. The van der Waals surface area contributed by atoms with Crippen LogP contribution in [0.5, 0.6) is 0 Å². The highest BCUT2D eigenvalue weighted by Gasteiger charge is 2.41. The van der Waals surface area contributed by atoms with Crippen molar-refractivity contribution in [3.8, 4) is 0 Å². The Hall–Kier alpha value is -2.46. The molecule has 0 radical (unpaired) electrons. The number of amides is 3. The third-order valence-electron chi connectivity index (χ3n) is 6.44. The summed E-state index contributed by atoms with van der Waals surface area (Å²) in [5, 5.41) is 2.85. The third-order valence-corrected chi connectivity index (χ3v) is 7.91. The Labute approximate surface area is 202 Å². The first kappa shape index (κ1) is 26.2. The largest absolute Gasteiger partial charge is 0.342 e. The standard InChI is InChI=1S/C24H36N4O5S/c1-5-12-25-34(32,33)20-8-6-19(7-9-20)26-22(30)17-10-13-27(14-11-17)23(31)18-15-21(29)28(16-18)24(2,3)4/h6-9,17-18,25H,5,10-16H2,1-4H3,(H,26,30). The lowest BCUT2D eigenvalue weighted by Crippen LogP contribution is -2.46. The van der Waals surface area contributed by atoms with Crippen LogP contribution in [0.3, 0.4) is 0 Å². The van der Waals surface area contributed by atoms with E-state index in [1.807, 2.05) is 27.7 Å². The summed E-state index contributed by atoms with van der Waals surface area (Å²) in [6, 6.07) is 6.10. The van der Waals surface area contributed by atoms with Crippen LogP contribution in [-0.2, 0) is 24.4 Å². The van der Waals surface area contributed by atoms with Gasteiger partial charge < -0.3 is 15.1 Å². The molecule has 1 aromatic rings. The van der Waals surface area contributed by atoms with Gasteiger partial charge in [-0.3, -0.25) is 14.4 Å². The molecule has 34 heavy (non-hydrogen) atoms. The topological polar surface area (TPSA) is 116 Å². The lowest BCUT2D eigenvalue weighted by atomic mass is 9.94. The van der Waals surface area contributed by atoms with Gasteiger partial charge in [0.25, 0.3) is 0 Å². The second-order valence-electron chi connectivity index (χ2n) is 10.1. The van der Waals surface area contributed by atoms with Gasteiger partial charge in [0.05, 0.1) is 10.8 Å². The van der Waals surface area contributed by atoms with Crippen molar-refractivity contribution in [2.24, 2.45) is 11.8 Å². The van der Waals surface area contributed by atoms with Crippen LogP contribution >= 0.6 is 0 Å². The minimum absolute atomic E-state index is 0.00700. The number of nitrogens with zero attached hydrogens (tertiary/aromatic N) is 2. The lowest BCUT2D eigenvalue weighted by Gasteiger charge is -2.34. The fourth-order valence-electron chi connectivity index (χ4n) is 4.42. The monoisotopic (exact) mass is 492 g/mol. The van der Waals surface area contributed by atoms with E-state index < -0.39 is 10.0 Å². The van der Waals surface area contributed by atoms with E-state index >= 15 is 0 Å². The summed E-state index contributed by atoms with van der Waals surface area (Å²) in [6.07, 6.45) is 2.05. The Balaban J connectivity index is 1.50. The molecule has 0 bridgehead atoms. The minimum Gasteiger partial charge on any atom is -0.342 e. The summed E-state index contributed by atoms with van der Waals surface area (Å²) in [6.45, 7) is 9.58. The lowest BCUT2D eigenvalue weighted by molar-refractivity contribution is -0.138. The number of hydrogen-bond donors (Lipinski definition) is 2. The maximum Gasteiger partial charge on any atom is 0.240 e. The summed E-state index contributed by atoms with van der Waals surface area (Å²) in [5.41, 5.74) is 0.232. The maximum absolute atomic E-state index is 13.0. The molecule has 2 heterocycles. The van der Waals surface area contributed by atoms with E-state index in [-0.39, 0.29) is 46.4 Å². The van der Waals surface area contributed by atoms with Crippen molar-refractivity contribution in [2.75, 3.05) is 31.5 Å². The van der Waals surface area contributed by atoms with Crippen LogP contribution in [-0.4, -0.2) is 67.7 Å². The van der Waals surface area contributed by atoms with E-state index in [9.17, 15) is 22.8 Å². The van der Waals surface area contributed by atoms with Crippen molar-refractivity contribution in [3.05, 3.63) is 24.3 Å². The van der Waals surface area contributed by atoms with Gasteiger partial charge in [-0.25, -0.2) is 13.1 Å². The summed E-state index contributed by atoms with van der Waals surface area (Å²) >= 11 is 0. The molecule has 1 aromatic carbocycles. The molecule has 0 aromatic heterocycles. The SMILES string of the molecule is CCCNS(=O)(=O)c1ccc(NC(=O)C2CCN(C(=O)C3CC(=O)N(C(C)(C)C)C3)CC2)cc1. The van der Waals surface area contributed by atoms with Crippen LogP contribution in [0.15, 0.2) is 29.2 Å². The first-order valence-corrected chi connectivity index (χ1v) is 13.4. The molecule has 2 fully saturated rings. The quantitative estimate of drug-likeness (QED) is 0.605. The van der Waals surface area contributed by atoms with Gasteiger partial charge in [0, 0.05) is 49.7 Å². The predicted molar refractivity (Wildman–Crippen MR) is 129 cm³/mol. The first-order valence-electron chi connectivity index (χ1n) is 11.9. The molecule has 10 heteroatoms. The normalized spacial score (nSPS) is 20.0. The summed E-state index contributed by atoms with van der Waals surface area (Å²) in [7, 11) is -3.55. The van der Waals surface area contributed by atoms with Crippen molar-refractivity contribution < 1.29 is 22.8 Å². The smallest absolute Gasteiger partial charge is 0.240 e. The molecule has 2 saturated heterocycles. The number of carbonyl (C=O) groups excluding carboxylic acids is 3.